The highest BCUT2D eigenvalue weighted by atomic mass is 15.1. The Morgan fingerprint density at radius 1 is 1.18 bits per heavy atom. The second kappa shape index (κ2) is 4.55. The summed E-state index contributed by atoms with van der Waals surface area (Å²) in [7, 11) is 0. The lowest BCUT2D eigenvalue weighted by atomic mass is 10.1. The van der Waals surface area contributed by atoms with Gasteiger partial charge in [0, 0.05) is 6.04 Å². The third kappa shape index (κ3) is 2.66. The highest BCUT2D eigenvalue weighted by Crippen LogP contribution is 2.12. The van der Waals surface area contributed by atoms with Crippen molar-refractivity contribution in [2.24, 2.45) is 0 Å². The molecule has 0 amide bonds. The van der Waals surface area contributed by atoms with Gasteiger partial charge >= 0.3 is 0 Å². The van der Waals surface area contributed by atoms with Crippen molar-refractivity contribution >= 4 is 0 Å². The fraction of sp³-hybridized carbons (Fsp3) is 0.800. The zero-order valence-electron chi connectivity index (χ0n) is 7.71. The molecule has 0 aromatic carbocycles. The highest BCUT2D eigenvalue weighted by molar-refractivity contribution is 4.90. The molecule has 1 fully saturated rings. The van der Waals surface area contributed by atoms with Crippen LogP contribution in [0.2, 0.25) is 0 Å². The van der Waals surface area contributed by atoms with E-state index in [9.17, 15) is 0 Å². The van der Waals surface area contributed by atoms with Gasteiger partial charge in [0.2, 0.25) is 0 Å². The van der Waals surface area contributed by atoms with Gasteiger partial charge in [-0.1, -0.05) is 18.6 Å². The molecule has 11 heavy (non-hydrogen) atoms. The van der Waals surface area contributed by atoms with E-state index < -0.39 is 0 Å². The lowest BCUT2D eigenvalue weighted by Gasteiger charge is -2.30. The topological polar surface area (TPSA) is 3.24 Å². The Labute approximate surface area is 70.1 Å². The minimum Gasteiger partial charge on any atom is -0.297 e. The van der Waals surface area contributed by atoms with Crippen molar-refractivity contribution in [2.75, 3.05) is 13.1 Å². The first-order valence-electron chi connectivity index (χ1n) is 4.71. The molecule has 0 aliphatic carbocycles. The molecule has 0 aromatic rings. The molecular formula is C10H19N. The molecular weight excluding hydrogens is 134 g/mol. The zero-order valence-corrected chi connectivity index (χ0v) is 7.71. The van der Waals surface area contributed by atoms with E-state index in [2.05, 4.69) is 30.9 Å². The van der Waals surface area contributed by atoms with Crippen LogP contribution in [0.1, 0.15) is 33.1 Å². The molecule has 1 heteroatoms. The summed E-state index contributed by atoms with van der Waals surface area (Å²) in [6.07, 6.45) is 8.65. The molecule has 1 nitrogen and oxygen atoms in total. The van der Waals surface area contributed by atoms with E-state index in [0.717, 1.165) is 0 Å². The smallest absolute Gasteiger partial charge is 0.0249 e. The van der Waals surface area contributed by atoms with Crippen LogP contribution in [0.25, 0.3) is 0 Å². The van der Waals surface area contributed by atoms with Crippen LogP contribution in [0, 0.1) is 0 Å². The van der Waals surface area contributed by atoms with Crippen molar-refractivity contribution in [3.05, 3.63) is 12.2 Å². The molecule has 0 saturated carbocycles. The van der Waals surface area contributed by atoms with Gasteiger partial charge < -0.3 is 0 Å². The van der Waals surface area contributed by atoms with E-state index in [0.29, 0.717) is 6.04 Å². The summed E-state index contributed by atoms with van der Waals surface area (Å²) in [6.45, 7) is 6.97. The average molecular weight is 153 g/mol. The monoisotopic (exact) mass is 153 g/mol. The first-order valence-corrected chi connectivity index (χ1v) is 4.71. The normalized spacial score (nSPS) is 24.2. The molecule has 1 rings (SSSR count). The fourth-order valence-corrected chi connectivity index (χ4v) is 1.73. The van der Waals surface area contributed by atoms with Gasteiger partial charge in [-0.25, -0.2) is 0 Å². The number of hydrogen-bond acceptors (Lipinski definition) is 1. The van der Waals surface area contributed by atoms with Crippen molar-refractivity contribution in [3.63, 3.8) is 0 Å². The second-order valence-corrected chi connectivity index (χ2v) is 3.36. The molecule has 1 saturated heterocycles. The Balaban J connectivity index is 2.32. The standard InChI is InChI=1S/C10H19N/c1-3-7-10(2)11-8-5-4-6-9-11/h3,7,10H,4-6,8-9H2,1-2H3/b7-3+. The van der Waals surface area contributed by atoms with Crippen molar-refractivity contribution in [1.82, 2.24) is 4.90 Å². The number of piperidine rings is 1. The first-order chi connectivity index (χ1) is 5.34. The summed E-state index contributed by atoms with van der Waals surface area (Å²) in [4.78, 5) is 2.56. The lowest BCUT2D eigenvalue weighted by molar-refractivity contribution is 0.201. The summed E-state index contributed by atoms with van der Waals surface area (Å²) in [5, 5.41) is 0. The van der Waals surface area contributed by atoms with Crippen LogP contribution in [-0.2, 0) is 0 Å². The number of likely N-dealkylation sites (tertiary alicyclic amines) is 1. The third-order valence-corrected chi connectivity index (χ3v) is 2.44. The number of allylic oxidation sites excluding steroid dienone is 1. The summed E-state index contributed by atoms with van der Waals surface area (Å²) in [6, 6.07) is 0.653. The molecule has 0 bridgehead atoms. The maximum Gasteiger partial charge on any atom is 0.0249 e. The zero-order chi connectivity index (χ0) is 8.10. The van der Waals surface area contributed by atoms with Gasteiger partial charge in [0.25, 0.3) is 0 Å². The maximum atomic E-state index is 2.56. The van der Waals surface area contributed by atoms with E-state index in [4.69, 9.17) is 0 Å². The van der Waals surface area contributed by atoms with E-state index in [1.807, 2.05) is 0 Å². The van der Waals surface area contributed by atoms with Gasteiger partial charge in [0.1, 0.15) is 0 Å². The second-order valence-electron chi connectivity index (χ2n) is 3.36. The average Bonchev–Trinajstić information content (AvgIpc) is 2.07. The van der Waals surface area contributed by atoms with Gasteiger partial charge in [-0.15, -0.1) is 0 Å². The molecule has 0 spiro atoms. The minimum atomic E-state index is 0.653. The van der Waals surface area contributed by atoms with E-state index in [1.54, 1.807) is 0 Å². The van der Waals surface area contributed by atoms with Gasteiger partial charge in [0.15, 0.2) is 0 Å². The van der Waals surface area contributed by atoms with Crippen LogP contribution in [0.4, 0.5) is 0 Å². The van der Waals surface area contributed by atoms with E-state index in [-0.39, 0.29) is 0 Å². The van der Waals surface area contributed by atoms with Crippen LogP contribution in [-0.4, -0.2) is 24.0 Å². The number of hydrogen-bond donors (Lipinski definition) is 0. The van der Waals surface area contributed by atoms with Crippen molar-refractivity contribution in [2.45, 2.75) is 39.2 Å². The van der Waals surface area contributed by atoms with Crippen LogP contribution < -0.4 is 0 Å². The highest BCUT2D eigenvalue weighted by Gasteiger charge is 2.13. The summed E-state index contributed by atoms with van der Waals surface area (Å²) in [5.74, 6) is 0. The number of nitrogens with zero attached hydrogens (tertiary/aromatic N) is 1. The molecule has 1 unspecified atom stereocenters. The largest absolute Gasteiger partial charge is 0.297 e. The molecule has 0 radical (unpaired) electrons. The molecule has 1 heterocycles. The molecule has 0 aromatic heterocycles. The molecule has 1 aliphatic rings. The quantitative estimate of drug-likeness (QED) is 0.551. The Hall–Kier alpha value is -0.300. The molecule has 1 aliphatic heterocycles. The molecule has 64 valence electrons. The Bertz CT molecular complexity index is 123. The first kappa shape index (κ1) is 8.79. The minimum absolute atomic E-state index is 0.653. The third-order valence-electron chi connectivity index (χ3n) is 2.44. The van der Waals surface area contributed by atoms with E-state index >= 15 is 0 Å². The predicted octanol–water partition coefficient (Wildman–Crippen LogP) is 2.44. The van der Waals surface area contributed by atoms with Gasteiger partial charge in [-0.3, -0.25) is 4.90 Å². The fourth-order valence-electron chi connectivity index (χ4n) is 1.73. The van der Waals surface area contributed by atoms with Gasteiger partial charge in [-0.2, -0.15) is 0 Å². The Morgan fingerprint density at radius 3 is 2.36 bits per heavy atom. The van der Waals surface area contributed by atoms with Gasteiger partial charge in [-0.05, 0) is 39.8 Å². The van der Waals surface area contributed by atoms with Crippen LogP contribution in [0.15, 0.2) is 12.2 Å². The van der Waals surface area contributed by atoms with Crippen molar-refractivity contribution in [3.8, 4) is 0 Å². The lowest BCUT2D eigenvalue weighted by Crippen LogP contribution is -2.36. The Kier molecular flexibility index (Phi) is 3.64. The van der Waals surface area contributed by atoms with Crippen LogP contribution >= 0.6 is 0 Å². The van der Waals surface area contributed by atoms with E-state index in [1.165, 1.54) is 32.4 Å². The van der Waals surface area contributed by atoms with Crippen LogP contribution in [0.3, 0.4) is 0 Å². The van der Waals surface area contributed by atoms with Crippen LogP contribution in [0.5, 0.6) is 0 Å². The van der Waals surface area contributed by atoms with Crippen molar-refractivity contribution in [1.29, 1.82) is 0 Å². The SMILES string of the molecule is C/C=C/C(C)N1CCCCC1. The summed E-state index contributed by atoms with van der Waals surface area (Å²) >= 11 is 0. The van der Waals surface area contributed by atoms with Crippen molar-refractivity contribution < 1.29 is 0 Å². The Morgan fingerprint density at radius 2 is 1.82 bits per heavy atom. The summed E-state index contributed by atoms with van der Waals surface area (Å²) < 4.78 is 0. The predicted molar refractivity (Wildman–Crippen MR) is 49.7 cm³/mol. The van der Waals surface area contributed by atoms with Gasteiger partial charge in [0.05, 0.1) is 0 Å². The number of rotatable bonds is 2. The summed E-state index contributed by atoms with van der Waals surface area (Å²) in [5.41, 5.74) is 0. The molecule has 1 atom stereocenters. The molecule has 0 N–H and O–H groups in total. The maximum absolute atomic E-state index is 2.56.